The van der Waals surface area contributed by atoms with Crippen LogP contribution in [0.25, 0.3) is 0 Å². The van der Waals surface area contributed by atoms with E-state index >= 15 is 0 Å². The predicted octanol–water partition coefficient (Wildman–Crippen LogP) is 3.80. The van der Waals surface area contributed by atoms with E-state index in [4.69, 9.17) is 6.42 Å². The Kier molecular flexibility index (Phi) is 6.33. The lowest BCUT2D eigenvalue weighted by atomic mass is 9.96. The van der Waals surface area contributed by atoms with E-state index in [1.54, 1.807) is 6.07 Å². The molecule has 2 aromatic carbocycles. The lowest BCUT2D eigenvalue weighted by Gasteiger charge is -2.32. The number of non-ortho nitro benzene ring substituents is 1. The van der Waals surface area contributed by atoms with E-state index in [1.165, 1.54) is 12.1 Å². The molecule has 2 heterocycles. The Morgan fingerprint density at radius 2 is 2.06 bits per heavy atom. The molecule has 0 N–H and O–H groups in total. The topological polar surface area (TPSA) is 90.5 Å². The summed E-state index contributed by atoms with van der Waals surface area (Å²) in [6, 6.07) is 10.5. The van der Waals surface area contributed by atoms with Crippen molar-refractivity contribution >= 4 is 57.9 Å². The van der Waals surface area contributed by atoms with Gasteiger partial charge in [0.1, 0.15) is 4.99 Å². The number of hydrogen-bond donors (Lipinski definition) is 0. The fourth-order valence-electron chi connectivity index (χ4n) is 4.36. The molecule has 1 unspecified atom stereocenters. The van der Waals surface area contributed by atoms with Gasteiger partial charge in [0.25, 0.3) is 5.69 Å². The third-order valence-electron chi connectivity index (χ3n) is 5.75. The first-order chi connectivity index (χ1) is 15.4. The number of halogens is 2. The van der Waals surface area contributed by atoms with Gasteiger partial charge in [-0.1, -0.05) is 49.9 Å². The lowest BCUT2D eigenvalue weighted by Crippen LogP contribution is -2.42. The van der Waals surface area contributed by atoms with E-state index in [9.17, 15) is 19.6 Å². The molecule has 7 nitrogen and oxygen atoms in total. The number of alkyl halides is 2. The minimum absolute atomic E-state index is 0.178. The molecule has 2 aromatic rings. The summed E-state index contributed by atoms with van der Waals surface area (Å²) in [7, 11) is -3.00. The van der Waals surface area contributed by atoms with Crippen molar-refractivity contribution in [3.8, 4) is 18.4 Å². The molecule has 1 atom stereocenters. The highest BCUT2D eigenvalue weighted by Gasteiger charge is 2.41. The number of rotatable bonds is 5. The van der Waals surface area contributed by atoms with Crippen LogP contribution in [0, 0.1) is 33.8 Å². The SMILES string of the molecule is C#Cc1cc([N+](=O)[O-])cc2c1N(CCBr)C(CBr)=S2(=O)N1CCc2c(C#N)cccc2C1. The molecule has 0 fully saturated rings. The van der Waals surface area contributed by atoms with Crippen molar-refractivity contribution in [1.29, 1.82) is 5.26 Å². The molecule has 2 aliphatic heterocycles. The predicted molar refractivity (Wildman–Crippen MR) is 133 cm³/mol. The zero-order chi connectivity index (χ0) is 23.0. The largest absolute Gasteiger partial charge is 0.333 e. The van der Waals surface area contributed by atoms with E-state index in [0.29, 0.717) is 63.4 Å². The molecule has 0 saturated carbocycles. The first-order valence-electron chi connectivity index (χ1n) is 9.75. The number of hydrogen-bond acceptors (Lipinski definition) is 5. The maximum absolute atomic E-state index is 14.9. The van der Waals surface area contributed by atoms with Gasteiger partial charge in [0, 0.05) is 37.1 Å². The molecule has 0 saturated heterocycles. The second-order valence-corrected chi connectivity index (χ2v) is 11.1. The molecular weight excluding hydrogens is 560 g/mol. The number of nitriles is 1. The maximum Gasteiger partial charge on any atom is 0.272 e. The summed E-state index contributed by atoms with van der Waals surface area (Å²) in [5.41, 5.74) is 3.29. The summed E-state index contributed by atoms with van der Waals surface area (Å²) in [4.78, 5) is 14.0. The van der Waals surface area contributed by atoms with Crippen molar-refractivity contribution in [2.24, 2.45) is 0 Å². The van der Waals surface area contributed by atoms with Crippen molar-refractivity contribution in [3.63, 3.8) is 0 Å². The van der Waals surface area contributed by atoms with E-state index in [2.05, 4.69) is 43.8 Å². The van der Waals surface area contributed by atoms with Crippen LogP contribution in [0.1, 0.15) is 22.3 Å². The highest BCUT2D eigenvalue weighted by atomic mass is 79.9. The van der Waals surface area contributed by atoms with Crippen LogP contribution in [0.2, 0.25) is 0 Å². The second kappa shape index (κ2) is 8.87. The zero-order valence-corrected chi connectivity index (χ0v) is 20.9. The molecule has 10 heteroatoms. The maximum atomic E-state index is 14.9. The van der Waals surface area contributed by atoms with Gasteiger partial charge < -0.3 is 4.90 Å². The van der Waals surface area contributed by atoms with Crippen molar-refractivity contribution in [2.45, 2.75) is 17.9 Å². The molecule has 2 aliphatic rings. The normalized spacial score (nSPS) is 19.8. The van der Waals surface area contributed by atoms with Crippen LogP contribution in [0.15, 0.2) is 35.2 Å². The van der Waals surface area contributed by atoms with Gasteiger partial charge in [-0.25, -0.2) is 8.51 Å². The van der Waals surface area contributed by atoms with E-state index < -0.39 is 14.6 Å². The molecule has 0 amide bonds. The quantitative estimate of drug-likeness (QED) is 0.177. The standard InChI is InChI=1S/C22H18Br2N4O3S/c1-2-15-10-18(28(29)30)11-20-22(15)27(9-7-23)21(12-24)32(20,31)26-8-6-19-16(13-25)4-3-5-17(19)14-26/h1,3-5,10-11H,6-9,12,14H2. The smallest absolute Gasteiger partial charge is 0.272 e. The minimum atomic E-state index is -3.00. The second-order valence-electron chi connectivity index (χ2n) is 7.30. The molecule has 0 bridgehead atoms. The molecule has 4 rings (SSSR count). The van der Waals surface area contributed by atoms with Crippen LogP contribution >= 0.6 is 31.9 Å². The monoisotopic (exact) mass is 576 g/mol. The van der Waals surface area contributed by atoms with Gasteiger partial charge in [-0.15, -0.1) is 6.42 Å². The molecule has 0 radical (unpaired) electrons. The Morgan fingerprint density at radius 3 is 2.69 bits per heavy atom. The number of nitro benzene ring substituents is 1. The van der Waals surface area contributed by atoms with Crippen molar-refractivity contribution in [3.05, 3.63) is 62.7 Å². The number of nitrogens with zero attached hydrogens (tertiary/aromatic N) is 4. The number of benzene rings is 2. The Bertz CT molecular complexity index is 1340. The average Bonchev–Trinajstić information content (AvgIpc) is 3.06. The van der Waals surface area contributed by atoms with Crippen LogP contribution in [-0.2, 0) is 22.7 Å². The van der Waals surface area contributed by atoms with Crippen LogP contribution in [0.5, 0.6) is 0 Å². The fraction of sp³-hybridized carbons (Fsp3) is 0.273. The van der Waals surface area contributed by atoms with Crippen molar-refractivity contribution in [2.75, 3.05) is 28.6 Å². The molecule has 0 aliphatic carbocycles. The minimum Gasteiger partial charge on any atom is -0.333 e. The van der Waals surface area contributed by atoms with E-state index in [1.807, 2.05) is 21.3 Å². The van der Waals surface area contributed by atoms with E-state index in [0.717, 1.165) is 11.1 Å². The van der Waals surface area contributed by atoms with Gasteiger partial charge in [-0.3, -0.25) is 10.1 Å². The molecule has 0 aromatic heterocycles. The van der Waals surface area contributed by atoms with E-state index in [-0.39, 0.29) is 5.69 Å². The van der Waals surface area contributed by atoms with Gasteiger partial charge in [0.05, 0.1) is 47.7 Å². The molecule has 0 spiro atoms. The molecule has 164 valence electrons. The molecule has 32 heavy (non-hydrogen) atoms. The number of terminal acetylenes is 1. The van der Waals surface area contributed by atoms with Crippen molar-refractivity contribution in [1.82, 2.24) is 4.31 Å². The first kappa shape index (κ1) is 22.8. The van der Waals surface area contributed by atoms with Crippen LogP contribution < -0.4 is 4.90 Å². The lowest BCUT2D eigenvalue weighted by molar-refractivity contribution is -0.385. The Morgan fingerprint density at radius 1 is 1.28 bits per heavy atom. The average molecular weight is 578 g/mol. The first-order valence-corrected chi connectivity index (χ1v) is 13.5. The Hall–Kier alpha value is -2.37. The van der Waals surface area contributed by atoms with Crippen LogP contribution in [-0.4, -0.2) is 42.2 Å². The summed E-state index contributed by atoms with van der Waals surface area (Å²) < 4.78 is 16.7. The summed E-state index contributed by atoms with van der Waals surface area (Å²) in [5.74, 6) is 2.56. The molecular formula is C22H18Br2N4O3S. The highest BCUT2D eigenvalue weighted by Crippen LogP contribution is 2.43. The number of fused-ring (bicyclic) bond motifs is 2. The van der Waals surface area contributed by atoms with Crippen LogP contribution in [0.3, 0.4) is 0 Å². The van der Waals surface area contributed by atoms with Crippen LogP contribution in [0.4, 0.5) is 11.4 Å². The van der Waals surface area contributed by atoms with Gasteiger partial charge in [-0.2, -0.15) is 5.26 Å². The number of nitro groups is 1. The fourth-order valence-corrected chi connectivity index (χ4v) is 8.84. The summed E-state index contributed by atoms with van der Waals surface area (Å²) in [6.45, 7) is 1.34. The summed E-state index contributed by atoms with van der Waals surface area (Å²) >= 11 is 6.96. The van der Waals surface area contributed by atoms with Gasteiger partial charge in [0.2, 0.25) is 0 Å². The third kappa shape index (κ3) is 3.43. The third-order valence-corrected chi connectivity index (χ3v) is 9.96. The Labute approximate surface area is 203 Å². The van der Waals surface area contributed by atoms with Crippen molar-refractivity contribution < 1.29 is 9.13 Å². The number of anilines is 1. The zero-order valence-electron chi connectivity index (χ0n) is 16.9. The summed E-state index contributed by atoms with van der Waals surface area (Å²) in [5, 5.41) is 22.0. The highest BCUT2D eigenvalue weighted by molar-refractivity contribution is 9.09. The summed E-state index contributed by atoms with van der Waals surface area (Å²) in [6.07, 6.45) is 6.30. The van der Waals surface area contributed by atoms with Gasteiger partial charge in [-0.05, 0) is 23.6 Å². The Balaban J connectivity index is 1.97. The van der Waals surface area contributed by atoms with Gasteiger partial charge >= 0.3 is 0 Å². The van der Waals surface area contributed by atoms with Gasteiger partial charge in [0.15, 0.2) is 0 Å².